The van der Waals surface area contributed by atoms with Gasteiger partial charge in [-0.1, -0.05) is 11.8 Å². The van der Waals surface area contributed by atoms with Crippen LogP contribution in [0.3, 0.4) is 0 Å². The molecule has 1 aliphatic carbocycles. The topological polar surface area (TPSA) is 38.0 Å². The van der Waals surface area contributed by atoms with Crippen LogP contribution in [0.4, 0.5) is 8.78 Å². The molecule has 0 saturated heterocycles. The van der Waals surface area contributed by atoms with Gasteiger partial charge >= 0.3 is 0 Å². The molecule has 3 N–H and O–H groups in total. The quantitative estimate of drug-likeness (QED) is 0.647. The van der Waals surface area contributed by atoms with E-state index in [4.69, 9.17) is 5.73 Å². The van der Waals surface area contributed by atoms with E-state index in [1.165, 1.54) is 0 Å². The molecule has 0 amide bonds. The lowest BCUT2D eigenvalue weighted by molar-refractivity contribution is 0.535. The number of rotatable bonds is 0. The largest absolute Gasteiger partial charge is 0.400 e. The number of nitrogens with two attached hydrogens (primary N) is 1. The molecule has 1 aliphatic heterocycles. The van der Waals surface area contributed by atoms with Crippen molar-refractivity contribution in [1.82, 2.24) is 5.32 Å². The third-order valence-electron chi connectivity index (χ3n) is 2.76. The Bertz CT molecular complexity index is 554. The van der Waals surface area contributed by atoms with E-state index in [2.05, 4.69) is 17.2 Å². The predicted molar refractivity (Wildman–Crippen MR) is 67.3 cm³/mol. The van der Waals surface area contributed by atoms with Crippen molar-refractivity contribution in [1.29, 1.82) is 0 Å². The zero-order valence-electron chi connectivity index (χ0n) is 10.1. The maximum Gasteiger partial charge on any atom is 0.160 e. The van der Waals surface area contributed by atoms with E-state index in [1.807, 2.05) is 19.2 Å². The summed E-state index contributed by atoms with van der Waals surface area (Å²) in [7, 11) is 0. The van der Waals surface area contributed by atoms with Gasteiger partial charge in [-0.15, -0.1) is 0 Å². The first kappa shape index (κ1) is 12.4. The Morgan fingerprint density at radius 1 is 1.28 bits per heavy atom. The molecule has 4 heteroatoms. The third-order valence-corrected chi connectivity index (χ3v) is 2.76. The maximum atomic E-state index is 13.6. The highest BCUT2D eigenvalue weighted by Gasteiger charge is 2.19. The number of dihydropyridines is 1. The fraction of sp³-hybridized carbons (Fsp3) is 0.286. The highest BCUT2D eigenvalue weighted by Crippen LogP contribution is 2.29. The summed E-state index contributed by atoms with van der Waals surface area (Å²) in [5, 5.41) is 3.03. The highest BCUT2D eigenvalue weighted by molar-refractivity contribution is 5.52. The van der Waals surface area contributed by atoms with Gasteiger partial charge in [0.05, 0.1) is 5.57 Å². The lowest BCUT2D eigenvalue weighted by Gasteiger charge is -2.11. The van der Waals surface area contributed by atoms with E-state index in [-0.39, 0.29) is 24.1 Å². The van der Waals surface area contributed by atoms with Crippen LogP contribution < -0.4 is 11.1 Å². The zero-order valence-corrected chi connectivity index (χ0v) is 10.1. The number of hydrogen-bond donors (Lipinski definition) is 2. The number of hydrogen-bond acceptors (Lipinski definition) is 2. The van der Waals surface area contributed by atoms with Gasteiger partial charge in [0, 0.05) is 24.2 Å². The average Bonchev–Trinajstić information content (AvgIpc) is 2.34. The van der Waals surface area contributed by atoms with Crippen LogP contribution in [0.25, 0.3) is 0 Å². The normalized spacial score (nSPS) is 19.7. The molecular formula is C14H14F2N2. The standard InChI is InChI=1S/C14H14F2N2/c1-9-6-10(8-18-7-9)2-3-11-12(15)4-5-13(17)14(11)16/h6-7,18H,4-5,8,17H2,1H3. The summed E-state index contributed by atoms with van der Waals surface area (Å²) in [5.41, 5.74) is 7.16. The van der Waals surface area contributed by atoms with Crippen molar-refractivity contribution in [2.45, 2.75) is 19.8 Å². The van der Waals surface area contributed by atoms with Crippen molar-refractivity contribution in [2.24, 2.45) is 5.73 Å². The van der Waals surface area contributed by atoms with Crippen LogP contribution in [-0.4, -0.2) is 6.54 Å². The first-order chi connectivity index (χ1) is 8.58. The fourth-order valence-corrected chi connectivity index (χ4v) is 1.79. The molecule has 0 atom stereocenters. The molecule has 0 aromatic heterocycles. The van der Waals surface area contributed by atoms with E-state index >= 15 is 0 Å². The third kappa shape index (κ3) is 2.62. The molecule has 0 spiro atoms. The molecule has 0 saturated carbocycles. The minimum absolute atomic E-state index is 0.0764. The molecule has 2 aliphatic rings. The Balaban J connectivity index is 2.27. The highest BCUT2D eigenvalue weighted by atomic mass is 19.1. The van der Waals surface area contributed by atoms with Gasteiger partial charge in [0.25, 0.3) is 0 Å². The zero-order chi connectivity index (χ0) is 13.1. The first-order valence-corrected chi connectivity index (χ1v) is 5.74. The smallest absolute Gasteiger partial charge is 0.160 e. The minimum Gasteiger partial charge on any atom is -0.400 e. The molecule has 1 heterocycles. The summed E-state index contributed by atoms with van der Waals surface area (Å²) in [6.07, 6.45) is 4.09. The van der Waals surface area contributed by atoms with Gasteiger partial charge in [0.2, 0.25) is 0 Å². The Morgan fingerprint density at radius 3 is 2.78 bits per heavy atom. The molecule has 18 heavy (non-hydrogen) atoms. The number of allylic oxidation sites excluding steroid dienone is 6. The summed E-state index contributed by atoms with van der Waals surface area (Å²) >= 11 is 0. The second-order valence-electron chi connectivity index (χ2n) is 4.31. The molecule has 0 fully saturated rings. The SMILES string of the molecule is CC1=CNCC(C#CC2=C(F)CCC(N)=C2F)=C1. The molecule has 0 unspecified atom stereocenters. The average molecular weight is 248 g/mol. The van der Waals surface area contributed by atoms with E-state index in [0.717, 1.165) is 11.1 Å². The molecule has 0 radical (unpaired) electrons. The second kappa shape index (κ2) is 5.09. The lowest BCUT2D eigenvalue weighted by Crippen LogP contribution is -2.13. The Hall–Kier alpha value is -2.02. The van der Waals surface area contributed by atoms with Crippen LogP contribution in [0.2, 0.25) is 0 Å². The van der Waals surface area contributed by atoms with Crippen LogP contribution >= 0.6 is 0 Å². The van der Waals surface area contributed by atoms with Gasteiger partial charge in [0.15, 0.2) is 5.83 Å². The van der Waals surface area contributed by atoms with Crippen molar-refractivity contribution < 1.29 is 8.78 Å². The van der Waals surface area contributed by atoms with Crippen molar-refractivity contribution in [3.05, 3.63) is 46.3 Å². The molecule has 2 rings (SSSR count). The molecule has 94 valence electrons. The fourth-order valence-electron chi connectivity index (χ4n) is 1.79. The Labute approximate surface area is 105 Å². The molecule has 0 aromatic rings. The monoisotopic (exact) mass is 248 g/mol. The molecule has 2 nitrogen and oxygen atoms in total. The van der Waals surface area contributed by atoms with Crippen molar-refractivity contribution in [3.8, 4) is 11.8 Å². The van der Waals surface area contributed by atoms with E-state index in [1.54, 1.807) is 0 Å². The summed E-state index contributed by atoms with van der Waals surface area (Å²) in [4.78, 5) is 0. The van der Waals surface area contributed by atoms with Crippen LogP contribution in [0.15, 0.2) is 46.3 Å². The number of halogens is 2. The first-order valence-electron chi connectivity index (χ1n) is 5.74. The van der Waals surface area contributed by atoms with Crippen molar-refractivity contribution in [2.75, 3.05) is 6.54 Å². The van der Waals surface area contributed by atoms with Gasteiger partial charge in [-0.2, -0.15) is 0 Å². The molecular weight excluding hydrogens is 234 g/mol. The van der Waals surface area contributed by atoms with Crippen LogP contribution in [0.5, 0.6) is 0 Å². The van der Waals surface area contributed by atoms with E-state index in [0.29, 0.717) is 6.54 Å². The van der Waals surface area contributed by atoms with Gasteiger partial charge in [-0.3, -0.25) is 0 Å². The molecule has 0 aromatic carbocycles. The van der Waals surface area contributed by atoms with E-state index in [9.17, 15) is 8.78 Å². The minimum atomic E-state index is -0.720. The van der Waals surface area contributed by atoms with Gasteiger partial charge < -0.3 is 11.1 Å². The number of nitrogens with one attached hydrogen (secondary N) is 1. The Morgan fingerprint density at radius 2 is 2.06 bits per heavy atom. The van der Waals surface area contributed by atoms with Crippen molar-refractivity contribution >= 4 is 0 Å². The van der Waals surface area contributed by atoms with E-state index < -0.39 is 11.7 Å². The summed E-state index contributed by atoms with van der Waals surface area (Å²) in [6.45, 7) is 2.49. The predicted octanol–water partition coefficient (Wildman–Crippen LogP) is 2.58. The summed E-state index contributed by atoms with van der Waals surface area (Å²) in [6, 6.07) is 0. The van der Waals surface area contributed by atoms with Gasteiger partial charge in [-0.05, 0) is 31.2 Å². The lowest BCUT2D eigenvalue weighted by atomic mass is 10.0. The van der Waals surface area contributed by atoms with Gasteiger partial charge in [0.1, 0.15) is 5.83 Å². The van der Waals surface area contributed by atoms with Gasteiger partial charge in [-0.25, -0.2) is 8.78 Å². The summed E-state index contributed by atoms with van der Waals surface area (Å²) < 4.78 is 27.1. The Kier molecular flexibility index (Phi) is 3.52. The van der Waals surface area contributed by atoms with Crippen LogP contribution in [0, 0.1) is 11.8 Å². The van der Waals surface area contributed by atoms with Crippen LogP contribution in [0.1, 0.15) is 19.8 Å². The van der Waals surface area contributed by atoms with Crippen LogP contribution in [-0.2, 0) is 0 Å². The maximum absolute atomic E-state index is 13.6. The van der Waals surface area contributed by atoms with Crippen molar-refractivity contribution in [3.63, 3.8) is 0 Å². The second-order valence-corrected chi connectivity index (χ2v) is 4.31. The summed E-state index contributed by atoms with van der Waals surface area (Å²) in [5.74, 6) is 4.09. The molecule has 0 bridgehead atoms.